The first kappa shape index (κ1) is 19.7. The molecule has 1 aromatic heterocycles. The Morgan fingerprint density at radius 3 is 2.52 bits per heavy atom. The maximum absolute atomic E-state index is 6.16. The summed E-state index contributed by atoms with van der Waals surface area (Å²) in [7, 11) is 0. The van der Waals surface area contributed by atoms with Gasteiger partial charge in [-0.1, -0.05) is 66.5 Å². The van der Waals surface area contributed by atoms with Crippen LogP contribution in [-0.4, -0.2) is 21.7 Å². The summed E-state index contributed by atoms with van der Waals surface area (Å²) in [5, 5.41) is 9.09. The minimum atomic E-state index is 0.264. The van der Waals surface area contributed by atoms with Gasteiger partial charge >= 0.3 is 0 Å². The van der Waals surface area contributed by atoms with Crippen LogP contribution in [0.15, 0.2) is 77.7 Å². The van der Waals surface area contributed by atoms with Crippen LogP contribution in [0.1, 0.15) is 30.0 Å². The van der Waals surface area contributed by atoms with E-state index in [0.29, 0.717) is 16.6 Å². The van der Waals surface area contributed by atoms with Gasteiger partial charge in [-0.2, -0.15) is 5.10 Å². The Morgan fingerprint density at radius 2 is 1.83 bits per heavy atom. The quantitative estimate of drug-likeness (QED) is 0.567. The molecule has 1 aliphatic heterocycles. The molecule has 0 saturated heterocycles. The second-order valence-corrected chi connectivity index (χ2v) is 8.01. The lowest BCUT2D eigenvalue weighted by atomic mass is 10.0. The zero-order chi connectivity index (χ0) is 20.2. The van der Waals surface area contributed by atoms with Crippen LogP contribution in [0.3, 0.4) is 0 Å². The molecule has 0 aliphatic carbocycles. The smallest absolute Gasteiger partial charge is 0.134 e. The highest BCUT2D eigenvalue weighted by atomic mass is 35.5. The third-order valence-corrected chi connectivity index (χ3v) is 5.29. The summed E-state index contributed by atoms with van der Waals surface area (Å²) in [6.45, 7) is 2.87. The summed E-state index contributed by atoms with van der Waals surface area (Å²) in [6, 6.07) is 16.6. The molecule has 4 nitrogen and oxygen atoms in total. The molecule has 2 heterocycles. The van der Waals surface area contributed by atoms with Crippen LogP contribution in [-0.2, 0) is 13.0 Å². The van der Waals surface area contributed by atoms with Gasteiger partial charge in [-0.15, -0.1) is 0 Å². The van der Waals surface area contributed by atoms with Gasteiger partial charge in [0.2, 0.25) is 0 Å². The molecule has 4 rings (SSSR count). The first-order valence-electron chi connectivity index (χ1n) is 9.66. The Morgan fingerprint density at radius 1 is 1.03 bits per heavy atom. The SMILES string of the molecule is CCC1C=C(Cc2ccc(Cn3cc(Cl)cn3)cc2)N=C(c2cccc(Cl)c2)N1. The van der Waals surface area contributed by atoms with Crippen LogP contribution in [0, 0.1) is 0 Å². The minimum Gasteiger partial charge on any atom is -0.363 e. The fourth-order valence-electron chi connectivity index (χ4n) is 3.35. The van der Waals surface area contributed by atoms with Crippen molar-refractivity contribution in [2.24, 2.45) is 4.99 Å². The normalized spacial score (nSPS) is 16.2. The Hall–Kier alpha value is -2.56. The van der Waals surface area contributed by atoms with E-state index < -0.39 is 0 Å². The zero-order valence-electron chi connectivity index (χ0n) is 16.1. The molecule has 1 N–H and O–H groups in total. The summed E-state index contributed by atoms with van der Waals surface area (Å²) in [6.07, 6.45) is 7.48. The Kier molecular flexibility index (Phi) is 6.02. The maximum atomic E-state index is 6.16. The molecule has 1 atom stereocenters. The number of amidine groups is 1. The van der Waals surface area contributed by atoms with E-state index in [1.807, 2.05) is 35.1 Å². The van der Waals surface area contributed by atoms with Gasteiger partial charge < -0.3 is 5.32 Å². The van der Waals surface area contributed by atoms with Crippen molar-refractivity contribution in [1.29, 1.82) is 0 Å². The molecular weight excluding hydrogens is 403 g/mol. The lowest BCUT2D eigenvalue weighted by molar-refractivity contribution is 0.681. The van der Waals surface area contributed by atoms with Crippen molar-refractivity contribution < 1.29 is 0 Å². The molecule has 0 bridgehead atoms. The second kappa shape index (κ2) is 8.85. The van der Waals surface area contributed by atoms with Gasteiger partial charge in [0.25, 0.3) is 0 Å². The summed E-state index contributed by atoms with van der Waals surface area (Å²) in [5.74, 6) is 0.879. The summed E-state index contributed by atoms with van der Waals surface area (Å²) in [4.78, 5) is 4.86. The van der Waals surface area contributed by atoms with Crippen molar-refractivity contribution >= 4 is 29.0 Å². The van der Waals surface area contributed by atoms with E-state index in [1.54, 1.807) is 6.20 Å². The number of hydrogen-bond acceptors (Lipinski definition) is 3. The van der Waals surface area contributed by atoms with Crippen molar-refractivity contribution in [2.75, 3.05) is 0 Å². The number of allylic oxidation sites excluding steroid dienone is 1. The molecule has 1 unspecified atom stereocenters. The number of benzene rings is 2. The summed E-state index contributed by atoms with van der Waals surface area (Å²) in [5.41, 5.74) is 4.48. The number of nitrogens with one attached hydrogen (secondary N) is 1. The largest absolute Gasteiger partial charge is 0.363 e. The highest BCUT2D eigenvalue weighted by Crippen LogP contribution is 2.19. The van der Waals surface area contributed by atoms with Gasteiger partial charge in [0.15, 0.2) is 0 Å². The molecule has 29 heavy (non-hydrogen) atoms. The Labute approximate surface area is 180 Å². The van der Waals surface area contributed by atoms with Gasteiger partial charge in [0, 0.05) is 34.9 Å². The molecule has 0 spiro atoms. The van der Waals surface area contributed by atoms with Gasteiger partial charge in [-0.25, -0.2) is 4.99 Å². The number of rotatable bonds is 6. The third kappa shape index (κ3) is 5.08. The predicted octanol–water partition coefficient (Wildman–Crippen LogP) is 5.49. The van der Waals surface area contributed by atoms with Crippen LogP contribution in [0.4, 0.5) is 0 Å². The van der Waals surface area contributed by atoms with Crippen LogP contribution in [0.2, 0.25) is 10.0 Å². The zero-order valence-corrected chi connectivity index (χ0v) is 17.7. The van der Waals surface area contributed by atoms with E-state index in [2.05, 4.69) is 47.7 Å². The van der Waals surface area contributed by atoms with Crippen molar-refractivity contribution in [2.45, 2.75) is 32.4 Å². The standard InChI is InChI=1S/C23H22Cl2N4/c1-2-21-12-22(28-23(27-21)18-4-3-5-19(24)11-18)10-16-6-8-17(9-7-16)14-29-15-20(25)13-26-29/h3-9,11-13,15,21H,2,10,14H2,1H3,(H,27,28). The highest BCUT2D eigenvalue weighted by molar-refractivity contribution is 6.31. The molecule has 2 aromatic carbocycles. The van der Waals surface area contributed by atoms with E-state index in [4.69, 9.17) is 28.2 Å². The molecule has 1 aliphatic rings. The molecule has 0 radical (unpaired) electrons. The van der Waals surface area contributed by atoms with Gasteiger partial charge in [-0.05, 0) is 35.8 Å². The molecule has 0 fully saturated rings. The molecule has 0 saturated carbocycles. The Bertz CT molecular complexity index is 1050. The predicted molar refractivity (Wildman–Crippen MR) is 120 cm³/mol. The van der Waals surface area contributed by atoms with E-state index >= 15 is 0 Å². The number of aliphatic imine (C=N–C) groups is 1. The molecule has 3 aromatic rings. The van der Waals surface area contributed by atoms with Gasteiger partial charge in [0.1, 0.15) is 5.84 Å². The summed E-state index contributed by atoms with van der Waals surface area (Å²) < 4.78 is 1.83. The average molecular weight is 425 g/mol. The average Bonchev–Trinajstić information content (AvgIpc) is 3.14. The van der Waals surface area contributed by atoms with Crippen molar-refractivity contribution in [3.63, 3.8) is 0 Å². The van der Waals surface area contributed by atoms with Gasteiger partial charge in [0.05, 0.1) is 17.8 Å². The number of halogens is 2. The fraction of sp³-hybridized carbons (Fsp3) is 0.217. The molecule has 6 heteroatoms. The Balaban J connectivity index is 1.50. The van der Waals surface area contributed by atoms with E-state index in [-0.39, 0.29) is 6.04 Å². The van der Waals surface area contributed by atoms with Crippen LogP contribution < -0.4 is 5.32 Å². The highest BCUT2D eigenvalue weighted by Gasteiger charge is 2.16. The first-order chi connectivity index (χ1) is 14.1. The third-order valence-electron chi connectivity index (χ3n) is 4.86. The molecule has 148 valence electrons. The molecule has 0 amide bonds. The monoisotopic (exact) mass is 424 g/mol. The minimum absolute atomic E-state index is 0.264. The van der Waals surface area contributed by atoms with Crippen LogP contribution >= 0.6 is 23.2 Å². The first-order valence-corrected chi connectivity index (χ1v) is 10.4. The molecular formula is C23H22Cl2N4. The van der Waals surface area contributed by atoms with Crippen LogP contribution in [0.5, 0.6) is 0 Å². The van der Waals surface area contributed by atoms with Gasteiger partial charge in [-0.3, -0.25) is 4.68 Å². The van der Waals surface area contributed by atoms with Crippen LogP contribution in [0.25, 0.3) is 0 Å². The number of hydrogen-bond donors (Lipinski definition) is 1. The van der Waals surface area contributed by atoms with Crippen molar-refractivity contribution in [1.82, 2.24) is 15.1 Å². The second-order valence-electron chi connectivity index (χ2n) is 7.14. The van der Waals surface area contributed by atoms with E-state index in [0.717, 1.165) is 29.9 Å². The number of aromatic nitrogens is 2. The van der Waals surface area contributed by atoms with E-state index in [9.17, 15) is 0 Å². The fourth-order valence-corrected chi connectivity index (χ4v) is 3.69. The topological polar surface area (TPSA) is 42.2 Å². The van der Waals surface area contributed by atoms with Crippen molar-refractivity contribution in [3.8, 4) is 0 Å². The van der Waals surface area contributed by atoms with Crippen molar-refractivity contribution in [3.05, 3.63) is 99.4 Å². The lowest BCUT2D eigenvalue weighted by Crippen LogP contribution is -2.36. The summed E-state index contributed by atoms with van der Waals surface area (Å²) >= 11 is 12.1. The number of nitrogens with zero attached hydrogens (tertiary/aromatic N) is 3. The maximum Gasteiger partial charge on any atom is 0.134 e. The van der Waals surface area contributed by atoms with E-state index in [1.165, 1.54) is 11.1 Å². The lowest BCUT2D eigenvalue weighted by Gasteiger charge is -2.23.